The number of alkyl halides is 6. The lowest BCUT2D eigenvalue weighted by atomic mass is 10.1. The summed E-state index contributed by atoms with van der Waals surface area (Å²) >= 11 is 1.16. The number of halogens is 6. The third-order valence-electron chi connectivity index (χ3n) is 3.89. The molecule has 0 spiro atoms. The number of rotatable bonds is 5. The van der Waals surface area contributed by atoms with Crippen molar-refractivity contribution in [2.24, 2.45) is 0 Å². The minimum atomic E-state index is -4.50. The predicted molar refractivity (Wildman–Crippen MR) is 99.5 cm³/mol. The first-order valence-corrected chi connectivity index (χ1v) is 9.24. The smallest absolute Gasteiger partial charge is 0.299 e. The van der Waals surface area contributed by atoms with Crippen LogP contribution in [0.25, 0.3) is 10.6 Å². The summed E-state index contributed by atoms with van der Waals surface area (Å²) in [6.07, 6.45) is -9.10. The Labute approximate surface area is 170 Å². The van der Waals surface area contributed by atoms with Gasteiger partial charge in [0.1, 0.15) is 5.01 Å². The number of nitrogens with one attached hydrogen (secondary N) is 2. The maximum absolute atomic E-state index is 12.7. The zero-order chi connectivity index (χ0) is 21.9. The maximum atomic E-state index is 12.7. The van der Waals surface area contributed by atoms with E-state index in [4.69, 9.17) is 0 Å². The predicted octanol–water partition coefficient (Wildman–Crippen LogP) is 5.53. The van der Waals surface area contributed by atoms with Gasteiger partial charge in [-0.15, -0.1) is 11.3 Å². The van der Waals surface area contributed by atoms with Crippen molar-refractivity contribution in [3.05, 3.63) is 70.7 Å². The fourth-order valence-electron chi connectivity index (χ4n) is 2.45. The molecule has 0 aliphatic carbocycles. The SMILES string of the molecule is O=C(Cc1csc(-c2ccc(C(F)(F)F)cc2)n1)NNc1cccc(C(F)(F)F)c1. The van der Waals surface area contributed by atoms with Crippen LogP contribution in [-0.4, -0.2) is 10.9 Å². The van der Waals surface area contributed by atoms with E-state index in [-0.39, 0.29) is 12.1 Å². The molecule has 1 amide bonds. The molecule has 0 saturated carbocycles. The van der Waals surface area contributed by atoms with Gasteiger partial charge in [-0.1, -0.05) is 18.2 Å². The maximum Gasteiger partial charge on any atom is 0.416 e. The van der Waals surface area contributed by atoms with Crippen LogP contribution in [0.2, 0.25) is 0 Å². The van der Waals surface area contributed by atoms with Gasteiger partial charge < -0.3 is 0 Å². The summed E-state index contributed by atoms with van der Waals surface area (Å²) in [7, 11) is 0. The quantitative estimate of drug-likeness (QED) is 0.401. The molecule has 0 radical (unpaired) electrons. The first-order valence-electron chi connectivity index (χ1n) is 8.36. The monoisotopic (exact) mass is 445 g/mol. The molecule has 11 heteroatoms. The van der Waals surface area contributed by atoms with E-state index < -0.39 is 29.4 Å². The zero-order valence-electron chi connectivity index (χ0n) is 14.9. The molecule has 3 rings (SSSR count). The minimum Gasteiger partial charge on any atom is -0.299 e. The first kappa shape index (κ1) is 21.6. The standard InChI is InChI=1S/C19H13F6N3OS/c20-18(21,22)12-6-4-11(5-7-12)17-26-15(10-30-17)9-16(29)28-27-14-3-1-2-13(8-14)19(23,24)25/h1-8,10,27H,9H2,(H,28,29). The van der Waals surface area contributed by atoms with Gasteiger partial charge >= 0.3 is 12.4 Å². The van der Waals surface area contributed by atoms with Crippen LogP contribution in [0.15, 0.2) is 53.9 Å². The second-order valence-electron chi connectivity index (χ2n) is 6.15. The Hall–Kier alpha value is -3.08. The van der Waals surface area contributed by atoms with E-state index in [1.165, 1.54) is 24.3 Å². The highest BCUT2D eigenvalue weighted by molar-refractivity contribution is 7.13. The van der Waals surface area contributed by atoms with Crippen LogP contribution in [0.3, 0.4) is 0 Å². The van der Waals surface area contributed by atoms with E-state index in [2.05, 4.69) is 15.8 Å². The van der Waals surface area contributed by atoms with E-state index >= 15 is 0 Å². The summed E-state index contributed by atoms with van der Waals surface area (Å²) < 4.78 is 76.0. The molecule has 1 aromatic heterocycles. The highest BCUT2D eigenvalue weighted by atomic mass is 32.1. The number of hydrogen-bond donors (Lipinski definition) is 2. The largest absolute Gasteiger partial charge is 0.416 e. The molecule has 0 aliphatic heterocycles. The topological polar surface area (TPSA) is 54.0 Å². The number of nitrogens with zero attached hydrogens (tertiary/aromatic N) is 1. The molecule has 4 nitrogen and oxygen atoms in total. The van der Waals surface area contributed by atoms with Gasteiger partial charge in [-0.3, -0.25) is 15.6 Å². The number of thiazole rings is 1. The normalized spacial score (nSPS) is 11.9. The Morgan fingerprint density at radius 2 is 1.60 bits per heavy atom. The van der Waals surface area contributed by atoms with Crippen LogP contribution in [0.1, 0.15) is 16.8 Å². The lowest BCUT2D eigenvalue weighted by Crippen LogP contribution is -2.30. The number of anilines is 1. The number of carbonyl (C=O) groups excluding carboxylic acids is 1. The van der Waals surface area contributed by atoms with E-state index in [9.17, 15) is 31.1 Å². The summed E-state index contributed by atoms with van der Waals surface area (Å²) in [5.74, 6) is -0.545. The molecular weight excluding hydrogens is 432 g/mol. The number of carbonyl (C=O) groups is 1. The van der Waals surface area contributed by atoms with Crippen molar-refractivity contribution in [2.45, 2.75) is 18.8 Å². The number of hydrazine groups is 1. The third-order valence-corrected chi connectivity index (χ3v) is 4.83. The molecule has 0 aliphatic rings. The highest BCUT2D eigenvalue weighted by Gasteiger charge is 2.31. The second kappa shape index (κ2) is 8.34. The van der Waals surface area contributed by atoms with Gasteiger partial charge in [-0.05, 0) is 30.3 Å². The Kier molecular flexibility index (Phi) is 6.01. The van der Waals surface area contributed by atoms with E-state index in [1.807, 2.05) is 0 Å². The van der Waals surface area contributed by atoms with Crippen molar-refractivity contribution < 1.29 is 31.1 Å². The third kappa shape index (κ3) is 5.50. The molecule has 2 aromatic carbocycles. The van der Waals surface area contributed by atoms with E-state index in [0.29, 0.717) is 16.3 Å². The molecule has 0 atom stereocenters. The molecule has 158 valence electrons. The second-order valence-corrected chi connectivity index (χ2v) is 7.01. The summed E-state index contributed by atoms with van der Waals surface area (Å²) in [4.78, 5) is 16.2. The lowest BCUT2D eigenvalue weighted by molar-refractivity contribution is -0.138. The first-order chi connectivity index (χ1) is 14.0. The van der Waals surface area contributed by atoms with Crippen molar-refractivity contribution in [2.75, 3.05) is 5.43 Å². The summed E-state index contributed by atoms with van der Waals surface area (Å²) in [5.41, 5.74) is 3.96. The van der Waals surface area contributed by atoms with Crippen LogP contribution in [0.5, 0.6) is 0 Å². The van der Waals surface area contributed by atoms with Crippen LogP contribution in [0.4, 0.5) is 32.0 Å². The molecule has 1 heterocycles. The number of amides is 1. The van der Waals surface area contributed by atoms with Crippen molar-refractivity contribution in [3.63, 3.8) is 0 Å². The molecule has 0 saturated heterocycles. The molecule has 30 heavy (non-hydrogen) atoms. The summed E-state index contributed by atoms with van der Waals surface area (Å²) in [6.45, 7) is 0. The van der Waals surface area contributed by atoms with Gasteiger partial charge in [0.25, 0.3) is 0 Å². The van der Waals surface area contributed by atoms with Crippen molar-refractivity contribution in [1.29, 1.82) is 0 Å². The van der Waals surface area contributed by atoms with E-state index in [0.717, 1.165) is 35.6 Å². The Morgan fingerprint density at radius 3 is 2.23 bits per heavy atom. The lowest BCUT2D eigenvalue weighted by Gasteiger charge is -2.11. The highest BCUT2D eigenvalue weighted by Crippen LogP contribution is 2.32. The van der Waals surface area contributed by atoms with Crippen LogP contribution in [-0.2, 0) is 23.6 Å². The Balaban J connectivity index is 1.59. The molecule has 0 bridgehead atoms. The summed E-state index contributed by atoms with van der Waals surface area (Å²) in [5, 5.41) is 2.02. The summed E-state index contributed by atoms with van der Waals surface area (Å²) in [6, 6.07) is 8.80. The minimum absolute atomic E-state index is 0.0573. The van der Waals surface area contributed by atoms with Gasteiger partial charge in [0.15, 0.2) is 0 Å². The number of aromatic nitrogens is 1. The van der Waals surface area contributed by atoms with Crippen molar-refractivity contribution >= 4 is 22.9 Å². The number of hydrogen-bond acceptors (Lipinski definition) is 4. The molecule has 0 unspecified atom stereocenters. The fraction of sp³-hybridized carbons (Fsp3) is 0.158. The van der Waals surface area contributed by atoms with E-state index in [1.54, 1.807) is 5.38 Å². The van der Waals surface area contributed by atoms with Crippen LogP contribution >= 0.6 is 11.3 Å². The average Bonchev–Trinajstić information content (AvgIpc) is 3.14. The Bertz CT molecular complexity index is 1030. The van der Waals surface area contributed by atoms with Gasteiger partial charge in [0.05, 0.1) is 28.9 Å². The zero-order valence-corrected chi connectivity index (χ0v) is 15.8. The van der Waals surface area contributed by atoms with Gasteiger partial charge in [0, 0.05) is 10.9 Å². The van der Waals surface area contributed by atoms with Crippen molar-refractivity contribution in [3.8, 4) is 10.6 Å². The van der Waals surface area contributed by atoms with Crippen molar-refractivity contribution in [1.82, 2.24) is 10.4 Å². The van der Waals surface area contributed by atoms with Crippen LogP contribution in [0, 0.1) is 0 Å². The molecular formula is C19H13F6N3OS. The number of benzene rings is 2. The molecule has 0 fully saturated rings. The average molecular weight is 445 g/mol. The fourth-order valence-corrected chi connectivity index (χ4v) is 3.27. The van der Waals surface area contributed by atoms with Gasteiger partial charge in [0.2, 0.25) is 5.91 Å². The Morgan fingerprint density at radius 1 is 0.933 bits per heavy atom. The van der Waals surface area contributed by atoms with Gasteiger partial charge in [-0.25, -0.2) is 4.98 Å². The molecule has 3 aromatic rings. The van der Waals surface area contributed by atoms with Gasteiger partial charge in [-0.2, -0.15) is 26.3 Å². The molecule has 2 N–H and O–H groups in total. The van der Waals surface area contributed by atoms with Crippen LogP contribution < -0.4 is 10.9 Å².